The molecule has 3 rings (SSSR count). The summed E-state index contributed by atoms with van der Waals surface area (Å²) in [5, 5.41) is 0.751. The largest absolute Gasteiger partial charge is 0.370 e. The fraction of sp³-hybridized carbons (Fsp3) is 0.562. The molecule has 0 bridgehead atoms. The zero-order valence-corrected chi connectivity index (χ0v) is 12.7. The normalized spacial score (nSPS) is 30.4. The molecule has 0 saturated heterocycles. The Balaban J connectivity index is 1.87. The first-order valence-corrected chi connectivity index (χ1v) is 7.88. The second kappa shape index (κ2) is 5.65. The second-order valence-corrected chi connectivity index (χ2v) is 6.53. The second-order valence-electron chi connectivity index (χ2n) is 6.12. The molecule has 3 nitrogen and oxygen atoms in total. The van der Waals surface area contributed by atoms with Gasteiger partial charge in [0.05, 0.1) is 23.3 Å². The molecule has 1 heterocycles. The number of nitrogens with two attached hydrogens (primary N) is 1. The van der Waals surface area contributed by atoms with Gasteiger partial charge < -0.3 is 10.6 Å². The molecule has 0 spiro atoms. The van der Waals surface area contributed by atoms with Crippen molar-refractivity contribution < 1.29 is 0 Å². The van der Waals surface area contributed by atoms with Gasteiger partial charge in [-0.05, 0) is 36.8 Å². The first-order valence-electron chi connectivity index (χ1n) is 7.50. The Morgan fingerprint density at radius 2 is 2.10 bits per heavy atom. The van der Waals surface area contributed by atoms with Crippen LogP contribution in [0.1, 0.15) is 32.6 Å². The molecule has 2 aliphatic rings. The molecule has 20 heavy (non-hydrogen) atoms. The summed E-state index contributed by atoms with van der Waals surface area (Å²) in [5.74, 6) is 2.09. The van der Waals surface area contributed by atoms with Crippen molar-refractivity contribution in [2.24, 2.45) is 22.6 Å². The third-order valence-corrected chi connectivity index (χ3v) is 4.97. The molecule has 1 aromatic rings. The van der Waals surface area contributed by atoms with E-state index in [9.17, 15) is 0 Å². The molecule has 4 heteroatoms. The van der Waals surface area contributed by atoms with Crippen LogP contribution in [0.5, 0.6) is 0 Å². The van der Waals surface area contributed by atoms with Crippen molar-refractivity contribution in [1.82, 2.24) is 0 Å². The van der Waals surface area contributed by atoms with E-state index in [0.717, 1.165) is 23.2 Å². The van der Waals surface area contributed by atoms with Crippen molar-refractivity contribution >= 4 is 23.2 Å². The summed E-state index contributed by atoms with van der Waals surface area (Å²) in [6, 6.07) is 8.29. The topological polar surface area (TPSA) is 41.6 Å². The fourth-order valence-electron chi connectivity index (χ4n) is 3.65. The van der Waals surface area contributed by atoms with Crippen LogP contribution in [-0.4, -0.2) is 18.5 Å². The molecule has 1 aliphatic carbocycles. The molecular formula is C16H22ClN3. The molecule has 1 saturated carbocycles. The molecule has 1 aliphatic heterocycles. The third kappa shape index (κ3) is 2.51. The quantitative estimate of drug-likeness (QED) is 0.903. The van der Waals surface area contributed by atoms with Crippen LogP contribution in [0, 0.1) is 11.8 Å². The maximum atomic E-state index is 6.35. The van der Waals surface area contributed by atoms with E-state index in [1.165, 1.54) is 25.7 Å². The fourth-order valence-corrected chi connectivity index (χ4v) is 3.88. The Bertz CT molecular complexity index is 514. The Hall–Kier alpha value is -1.22. The lowest BCUT2D eigenvalue weighted by molar-refractivity contribution is 0.253. The lowest BCUT2D eigenvalue weighted by Crippen LogP contribution is -2.46. The summed E-state index contributed by atoms with van der Waals surface area (Å²) in [7, 11) is 0. The minimum atomic E-state index is 0.373. The highest BCUT2D eigenvalue weighted by Crippen LogP contribution is 2.37. The Labute approximate surface area is 125 Å². The van der Waals surface area contributed by atoms with Crippen LogP contribution in [0.25, 0.3) is 0 Å². The number of benzene rings is 1. The van der Waals surface area contributed by atoms with Gasteiger partial charge in [-0.2, -0.15) is 0 Å². The highest BCUT2D eigenvalue weighted by Gasteiger charge is 2.36. The first-order chi connectivity index (χ1) is 9.66. The number of para-hydroxylation sites is 1. The van der Waals surface area contributed by atoms with Gasteiger partial charge in [-0.25, -0.2) is 0 Å². The van der Waals surface area contributed by atoms with Gasteiger partial charge >= 0.3 is 0 Å². The van der Waals surface area contributed by atoms with E-state index in [2.05, 4.69) is 16.8 Å². The van der Waals surface area contributed by atoms with Gasteiger partial charge in [0.1, 0.15) is 0 Å². The summed E-state index contributed by atoms with van der Waals surface area (Å²) >= 11 is 6.35. The lowest BCUT2D eigenvalue weighted by atomic mass is 9.78. The summed E-state index contributed by atoms with van der Waals surface area (Å²) < 4.78 is 0. The Morgan fingerprint density at radius 1 is 1.30 bits per heavy atom. The van der Waals surface area contributed by atoms with Gasteiger partial charge in [-0.3, -0.25) is 4.99 Å². The average molecular weight is 292 g/mol. The molecule has 3 unspecified atom stereocenters. The average Bonchev–Trinajstić information content (AvgIpc) is 2.81. The van der Waals surface area contributed by atoms with E-state index in [-0.39, 0.29) is 0 Å². The van der Waals surface area contributed by atoms with Crippen LogP contribution in [-0.2, 0) is 0 Å². The third-order valence-electron chi connectivity index (χ3n) is 4.65. The number of hydrogen-bond donors (Lipinski definition) is 1. The molecule has 1 aromatic carbocycles. The molecular weight excluding hydrogens is 270 g/mol. The summed E-state index contributed by atoms with van der Waals surface area (Å²) in [6.07, 6.45) is 5.22. The van der Waals surface area contributed by atoms with E-state index < -0.39 is 0 Å². The van der Waals surface area contributed by atoms with Gasteiger partial charge in [0.2, 0.25) is 0 Å². The standard InChI is InChI=1S/C16H22ClN3/c1-11-5-4-6-12(9-11)15-10-19-16(18)20(15)14-8-3-2-7-13(14)17/h2-3,7-8,11-12,15H,4-6,9-10H2,1H3,(H2,18,19). The first kappa shape index (κ1) is 13.7. The van der Waals surface area contributed by atoms with Crippen LogP contribution in [0.3, 0.4) is 0 Å². The smallest absolute Gasteiger partial charge is 0.196 e. The Kier molecular flexibility index (Phi) is 3.88. The van der Waals surface area contributed by atoms with E-state index in [0.29, 0.717) is 17.9 Å². The summed E-state index contributed by atoms with van der Waals surface area (Å²) in [6.45, 7) is 3.15. The van der Waals surface area contributed by atoms with Crippen LogP contribution in [0.2, 0.25) is 5.02 Å². The van der Waals surface area contributed by atoms with Gasteiger partial charge in [-0.1, -0.05) is 43.5 Å². The van der Waals surface area contributed by atoms with Crippen molar-refractivity contribution in [2.75, 3.05) is 11.4 Å². The van der Waals surface area contributed by atoms with Crippen molar-refractivity contribution in [3.8, 4) is 0 Å². The van der Waals surface area contributed by atoms with Crippen LogP contribution in [0.15, 0.2) is 29.3 Å². The highest BCUT2D eigenvalue weighted by atomic mass is 35.5. The number of rotatable bonds is 2. The van der Waals surface area contributed by atoms with Crippen LogP contribution in [0.4, 0.5) is 5.69 Å². The van der Waals surface area contributed by atoms with Gasteiger partial charge in [0.25, 0.3) is 0 Å². The number of anilines is 1. The molecule has 0 amide bonds. The van der Waals surface area contributed by atoms with E-state index in [1.54, 1.807) is 0 Å². The van der Waals surface area contributed by atoms with Crippen LogP contribution < -0.4 is 10.6 Å². The maximum absolute atomic E-state index is 6.35. The predicted molar refractivity (Wildman–Crippen MR) is 85.3 cm³/mol. The predicted octanol–water partition coefficient (Wildman–Crippen LogP) is 3.67. The Morgan fingerprint density at radius 3 is 2.85 bits per heavy atom. The van der Waals surface area contributed by atoms with Crippen molar-refractivity contribution in [3.63, 3.8) is 0 Å². The van der Waals surface area contributed by atoms with Gasteiger partial charge in [-0.15, -0.1) is 0 Å². The van der Waals surface area contributed by atoms with Crippen molar-refractivity contribution in [1.29, 1.82) is 0 Å². The van der Waals surface area contributed by atoms with Crippen LogP contribution >= 0.6 is 11.6 Å². The van der Waals surface area contributed by atoms with Gasteiger partial charge in [0, 0.05) is 0 Å². The summed E-state index contributed by atoms with van der Waals surface area (Å²) in [5.41, 5.74) is 7.13. The SMILES string of the molecule is CC1CCCC(C2CN=C(N)N2c2ccccc2Cl)C1. The minimum Gasteiger partial charge on any atom is -0.370 e. The van der Waals surface area contributed by atoms with E-state index >= 15 is 0 Å². The number of guanidine groups is 1. The van der Waals surface area contributed by atoms with Crippen molar-refractivity contribution in [3.05, 3.63) is 29.3 Å². The minimum absolute atomic E-state index is 0.373. The highest BCUT2D eigenvalue weighted by molar-refractivity contribution is 6.33. The number of hydrogen-bond acceptors (Lipinski definition) is 3. The van der Waals surface area contributed by atoms with E-state index in [4.69, 9.17) is 17.3 Å². The molecule has 0 aromatic heterocycles. The molecule has 1 fully saturated rings. The van der Waals surface area contributed by atoms with Gasteiger partial charge in [0.15, 0.2) is 5.96 Å². The molecule has 3 atom stereocenters. The maximum Gasteiger partial charge on any atom is 0.196 e. The van der Waals surface area contributed by atoms with E-state index in [1.807, 2.05) is 24.3 Å². The molecule has 0 radical (unpaired) electrons. The van der Waals surface area contributed by atoms with Crippen molar-refractivity contribution in [2.45, 2.75) is 38.6 Å². The molecule has 108 valence electrons. The number of halogens is 1. The monoisotopic (exact) mass is 291 g/mol. The number of aliphatic imine (C=N–C) groups is 1. The lowest BCUT2D eigenvalue weighted by Gasteiger charge is -2.37. The summed E-state index contributed by atoms with van der Waals surface area (Å²) in [4.78, 5) is 6.64. The number of nitrogens with zero attached hydrogens (tertiary/aromatic N) is 2. The zero-order valence-electron chi connectivity index (χ0n) is 11.9. The zero-order chi connectivity index (χ0) is 14.1. The molecule has 2 N–H and O–H groups in total.